The summed E-state index contributed by atoms with van der Waals surface area (Å²) in [5, 5.41) is 15.1. The molecule has 0 aromatic heterocycles. The summed E-state index contributed by atoms with van der Waals surface area (Å²) in [6, 6.07) is -4.50. The molecule has 2 fully saturated rings. The summed E-state index contributed by atoms with van der Waals surface area (Å²) in [7, 11) is 0. The van der Waals surface area contributed by atoms with Gasteiger partial charge in [-0.05, 0) is 63.8 Å². The summed E-state index contributed by atoms with van der Waals surface area (Å²) >= 11 is 0. The van der Waals surface area contributed by atoms with E-state index in [2.05, 4.69) is 15.6 Å². The summed E-state index contributed by atoms with van der Waals surface area (Å²) < 4.78 is 0. The van der Waals surface area contributed by atoms with Crippen LogP contribution in [0.1, 0.15) is 71.6 Å². The van der Waals surface area contributed by atoms with E-state index < -0.39 is 59.8 Å². The van der Waals surface area contributed by atoms with E-state index in [9.17, 15) is 29.1 Å². The number of aliphatic imine (C=N–C) groups is 1. The van der Waals surface area contributed by atoms with Gasteiger partial charge in [0.25, 0.3) is 0 Å². The van der Waals surface area contributed by atoms with Gasteiger partial charge in [-0.2, -0.15) is 0 Å². The number of carbonyl (C=O) groups is 5. The molecule has 0 aromatic rings. The molecule has 0 aliphatic carbocycles. The number of carboxylic acid groups (broad SMARTS) is 1. The van der Waals surface area contributed by atoms with E-state index in [1.807, 2.05) is 0 Å². The zero-order valence-electron chi connectivity index (χ0n) is 24.8. The van der Waals surface area contributed by atoms with Gasteiger partial charge >= 0.3 is 5.97 Å². The number of nitrogens with one attached hydrogen (secondary N) is 2. The Bertz CT molecular complexity index is 987. The number of nitrogens with zero attached hydrogens (tertiary/aromatic N) is 3. The first kappa shape index (κ1) is 34.7. The van der Waals surface area contributed by atoms with Gasteiger partial charge in [-0.1, -0.05) is 20.3 Å². The van der Waals surface area contributed by atoms with Gasteiger partial charge < -0.3 is 48.5 Å². The van der Waals surface area contributed by atoms with E-state index in [1.54, 1.807) is 13.8 Å². The smallest absolute Gasteiger partial charge is 0.326 e. The molecule has 0 radical (unpaired) electrons. The minimum atomic E-state index is -1.07. The third kappa shape index (κ3) is 9.82. The Morgan fingerprint density at radius 2 is 1.52 bits per heavy atom. The minimum absolute atomic E-state index is 0.0852. The van der Waals surface area contributed by atoms with Crippen LogP contribution in [0.15, 0.2) is 4.99 Å². The lowest BCUT2D eigenvalue weighted by atomic mass is 10.0. The van der Waals surface area contributed by atoms with E-state index in [-0.39, 0.29) is 24.8 Å². The summed E-state index contributed by atoms with van der Waals surface area (Å²) in [5.74, 6) is -3.33. The summed E-state index contributed by atoms with van der Waals surface area (Å²) in [5.41, 5.74) is 22.4. The summed E-state index contributed by atoms with van der Waals surface area (Å²) in [6.07, 6.45) is 4.29. The zero-order chi connectivity index (χ0) is 31.4. The van der Waals surface area contributed by atoms with Gasteiger partial charge in [-0.25, -0.2) is 4.79 Å². The Morgan fingerprint density at radius 1 is 0.905 bits per heavy atom. The van der Waals surface area contributed by atoms with Crippen molar-refractivity contribution in [1.82, 2.24) is 20.4 Å². The van der Waals surface area contributed by atoms with Crippen LogP contribution in [0.5, 0.6) is 0 Å². The van der Waals surface area contributed by atoms with Crippen molar-refractivity contribution in [2.45, 2.75) is 102 Å². The van der Waals surface area contributed by atoms with E-state index in [0.29, 0.717) is 64.6 Å². The average molecular weight is 596 g/mol. The van der Waals surface area contributed by atoms with Crippen LogP contribution in [0.25, 0.3) is 0 Å². The standard InChI is InChI=1S/C27H49N9O6/c1-16(2)21(25(40)36-15-7-11-20(36)26(41)42)34-23(38)19-10-6-14-35(19)24(39)18(9-5-13-32-27(30)31)33-22(37)17(29)8-3-4-12-28/h16-21H,3-15,28-29H2,1-2H3,(H,33,37)(H,34,38)(H,41,42)(H4,30,31,32)/t17-,18-,19-,20-,21-/m0/s1. The monoisotopic (exact) mass is 595 g/mol. The normalized spacial score (nSPS) is 20.6. The number of amides is 4. The highest BCUT2D eigenvalue weighted by atomic mass is 16.4. The van der Waals surface area contributed by atoms with Gasteiger partial charge in [0, 0.05) is 19.6 Å². The maximum Gasteiger partial charge on any atom is 0.326 e. The minimum Gasteiger partial charge on any atom is -0.480 e. The molecule has 0 saturated carbocycles. The molecule has 2 rings (SSSR count). The predicted octanol–water partition coefficient (Wildman–Crippen LogP) is -1.81. The van der Waals surface area contributed by atoms with Crippen molar-refractivity contribution in [3.8, 4) is 0 Å². The summed E-state index contributed by atoms with van der Waals surface area (Å²) in [4.78, 5) is 71.7. The first-order chi connectivity index (χ1) is 19.9. The van der Waals surface area contributed by atoms with Crippen LogP contribution >= 0.6 is 0 Å². The molecule has 0 aromatic carbocycles. The number of carbonyl (C=O) groups excluding carboxylic acids is 4. The highest BCUT2D eigenvalue weighted by Gasteiger charge is 2.42. The van der Waals surface area contributed by atoms with Gasteiger partial charge in [-0.3, -0.25) is 24.2 Å². The molecule has 11 N–H and O–H groups in total. The molecule has 15 nitrogen and oxygen atoms in total. The molecule has 0 bridgehead atoms. The average Bonchev–Trinajstić information content (AvgIpc) is 3.62. The SMILES string of the molecule is CC(C)[C@H](NC(=O)[C@@H]1CCCN1C(=O)[C@H](CCCN=C(N)N)NC(=O)[C@@H](N)CCCCN)C(=O)N1CCC[C@H]1C(=O)O. The number of unbranched alkanes of at least 4 members (excludes halogenated alkanes) is 1. The van der Waals surface area contributed by atoms with Gasteiger partial charge in [0.15, 0.2) is 5.96 Å². The molecule has 5 atom stereocenters. The van der Waals surface area contributed by atoms with Crippen molar-refractivity contribution in [3.05, 3.63) is 0 Å². The molecule has 0 unspecified atom stereocenters. The molecule has 0 spiro atoms. The Morgan fingerprint density at radius 3 is 2.10 bits per heavy atom. The highest BCUT2D eigenvalue weighted by molar-refractivity contribution is 5.96. The van der Waals surface area contributed by atoms with E-state index >= 15 is 0 Å². The van der Waals surface area contributed by atoms with Crippen molar-refractivity contribution in [1.29, 1.82) is 0 Å². The van der Waals surface area contributed by atoms with Crippen LogP contribution in [0, 0.1) is 5.92 Å². The fourth-order valence-electron chi connectivity index (χ4n) is 5.41. The van der Waals surface area contributed by atoms with Crippen molar-refractivity contribution in [3.63, 3.8) is 0 Å². The van der Waals surface area contributed by atoms with E-state index in [0.717, 1.165) is 6.42 Å². The molecular weight excluding hydrogens is 546 g/mol. The van der Waals surface area contributed by atoms with Crippen LogP contribution in [-0.2, 0) is 24.0 Å². The number of rotatable bonds is 16. The second-order valence-electron chi connectivity index (χ2n) is 11.3. The quantitative estimate of drug-likeness (QED) is 0.0598. The second kappa shape index (κ2) is 16.9. The molecule has 2 aliphatic heterocycles. The van der Waals surface area contributed by atoms with Gasteiger partial charge in [0.2, 0.25) is 23.6 Å². The highest BCUT2D eigenvalue weighted by Crippen LogP contribution is 2.23. The van der Waals surface area contributed by atoms with Crippen molar-refractivity contribution < 1.29 is 29.1 Å². The van der Waals surface area contributed by atoms with Crippen LogP contribution in [0.2, 0.25) is 0 Å². The molecule has 42 heavy (non-hydrogen) atoms. The fourth-order valence-corrected chi connectivity index (χ4v) is 5.41. The molecular formula is C27H49N9O6. The predicted molar refractivity (Wildman–Crippen MR) is 157 cm³/mol. The lowest BCUT2D eigenvalue weighted by Gasteiger charge is -2.32. The third-order valence-electron chi connectivity index (χ3n) is 7.76. The number of nitrogens with two attached hydrogens (primary N) is 4. The Labute approximate surface area is 247 Å². The van der Waals surface area contributed by atoms with Crippen molar-refractivity contribution in [2.24, 2.45) is 33.8 Å². The number of carboxylic acids is 1. The topological polar surface area (TPSA) is 253 Å². The molecule has 2 aliphatic rings. The first-order valence-electron chi connectivity index (χ1n) is 14.8. The number of hydrogen-bond donors (Lipinski definition) is 7. The number of hydrogen-bond acceptors (Lipinski definition) is 8. The third-order valence-corrected chi connectivity index (χ3v) is 7.76. The number of likely N-dealkylation sites (tertiary alicyclic amines) is 2. The van der Waals surface area contributed by atoms with Crippen LogP contribution in [-0.4, -0.2) is 107 Å². The summed E-state index contributed by atoms with van der Waals surface area (Å²) in [6.45, 7) is 4.88. The maximum absolute atomic E-state index is 13.7. The largest absolute Gasteiger partial charge is 0.480 e. The van der Waals surface area contributed by atoms with Crippen LogP contribution < -0.4 is 33.6 Å². The molecule has 2 heterocycles. The van der Waals surface area contributed by atoms with Crippen molar-refractivity contribution >= 4 is 35.6 Å². The van der Waals surface area contributed by atoms with Gasteiger partial charge in [0.1, 0.15) is 24.2 Å². The van der Waals surface area contributed by atoms with Gasteiger partial charge in [0.05, 0.1) is 6.04 Å². The molecule has 238 valence electrons. The molecule has 4 amide bonds. The Balaban J connectivity index is 2.16. The number of aliphatic carboxylic acids is 1. The fraction of sp³-hybridized carbons (Fsp3) is 0.778. The Kier molecular flexibility index (Phi) is 13.9. The lowest BCUT2D eigenvalue weighted by Crippen LogP contribution is -2.59. The van der Waals surface area contributed by atoms with E-state index in [4.69, 9.17) is 22.9 Å². The maximum atomic E-state index is 13.7. The molecule has 2 saturated heterocycles. The zero-order valence-corrected chi connectivity index (χ0v) is 24.8. The lowest BCUT2D eigenvalue weighted by molar-refractivity contribution is -0.150. The Hall–Kier alpha value is -3.46. The van der Waals surface area contributed by atoms with E-state index in [1.165, 1.54) is 9.80 Å². The van der Waals surface area contributed by atoms with Crippen molar-refractivity contribution in [2.75, 3.05) is 26.2 Å². The van der Waals surface area contributed by atoms with Crippen LogP contribution in [0.3, 0.4) is 0 Å². The molecule has 15 heteroatoms. The number of guanidine groups is 1. The first-order valence-corrected chi connectivity index (χ1v) is 14.8. The van der Waals surface area contributed by atoms with Crippen LogP contribution in [0.4, 0.5) is 0 Å². The second-order valence-corrected chi connectivity index (χ2v) is 11.3. The van der Waals surface area contributed by atoms with Gasteiger partial charge in [-0.15, -0.1) is 0 Å².